The van der Waals surface area contributed by atoms with Crippen LogP contribution in [-0.4, -0.2) is 11.3 Å². The van der Waals surface area contributed by atoms with Gasteiger partial charge in [-0.25, -0.2) is 0 Å². The molecule has 2 aliphatic carbocycles. The first-order valence-electron chi connectivity index (χ1n) is 12.8. The molecule has 4 heteroatoms. The van der Waals surface area contributed by atoms with E-state index >= 15 is 0 Å². The van der Waals surface area contributed by atoms with Crippen molar-refractivity contribution in [2.24, 2.45) is 0 Å². The van der Waals surface area contributed by atoms with Crippen LogP contribution in [0.5, 0.6) is 0 Å². The Kier molecular flexibility index (Phi) is 13.2. The molecule has 2 fully saturated rings. The standard InChI is InChI=1S/C21H28P.C10H9.2ClH.Hf/c1-3-11-19(12-4-1)22(20-13-5-2-6-14-20)21-15-17-9-7-8-10-18(17)16-21;1-8-6-9-4-2-3-5-10(9)7-8;;;/h7-10,15-16,19-20H,1-6,11-14H2;2-7H,1H3;2*1H;/q2*-1;;;+4/p-2. The maximum atomic E-state index is 2.55. The second-order valence-corrected chi connectivity index (χ2v) is 12.8. The van der Waals surface area contributed by atoms with Gasteiger partial charge in [0.15, 0.2) is 0 Å². The molecule has 0 spiro atoms. The summed E-state index contributed by atoms with van der Waals surface area (Å²) in [5.41, 5.74) is 3.38. The third-order valence-electron chi connectivity index (χ3n) is 7.60. The summed E-state index contributed by atoms with van der Waals surface area (Å²) in [5.74, 6) is 0. The minimum atomic E-state index is 0. The molecule has 6 rings (SSSR count). The van der Waals surface area contributed by atoms with Gasteiger partial charge in [0, 0.05) is 0 Å². The van der Waals surface area contributed by atoms with E-state index in [2.05, 4.69) is 79.7 Å². The van der Waals surface area contributed by atoms with Gasteiger partial charge in [-0.3, -0.25) is 0 Å². The molecule has 4 aromatic carbocycles. The number of hydrogen-bond donors (Lipinski definition) is 0. The number of aryl methyl sites for hydroxylation is 1. The van der Waals surface area contributed by atoms with E-state index in [1.807, 2.05) is 0 Å². The average Bonchev–Trinajstić information content (AvgIpc) is 3.43. The Hall–Kier alpha value is -0.460. The Balaban J connectivity index is 0.000000284. The molecular weight excluding hydrogens is 653 g/mol. The molecule has 0 unspecified atom stereocenters. The molecule has 35 heavy (non-hydrogen) atoms. The van der Waals surface area contributed by atoms with Crippen LogP contribution in [0.4, 0.5) is 0 Å². The number of rotatable bonds is 3. The fourth-order valence-electron chi connectivity index (χ4n) is 6.03. The minimum absolute atomic E-state index is 0. The second-order valence-electron chi connectivity index (χ2n) is 10.00. The summed E-state index contributed by atoms with van der Waals surface area (Å²) in [7, 11) is 0.0611. The fraction of sp³-hybridized carbons (Fsp3) is 0.419. The summed E-state index contributed by atoms with van der Waals surface area (Å²) in [6.07, 6.45) is 14.9. The summed E-state index contributed by atoms with van der Waals surface area (Å²) in [4.78, 5) is 0. The first kappa shape index (κ1) is 30.8. The first-order chi connectivity index (χ1) is 15.8. The van der Waals surface area contributed by atoms with Gasteiger partial charge in [0.1, 0.15) is 0 Å². The van der Waals surface area contributed by atoms with E-state index in [9.17, 15) is 0 Å². The third kappa shape index (κ3) is 7.77. The first-order valence-corrected chi connectivity index (χ1v) is 14.3. The zero-order chi connectivity index (χ0) is 21.8. The molecule has 4 aromatic rings. The van der Waals surface area contributed by atoms with Crippen molar-refractivity contribution in [3.63, 3.8) is 0 Å². The van der Waals surface area contributed by atoms with Crippen molar-refractivity contribution in [2.75, 3.05) is 0 Å². The summed E-state index contributed by atoms with van der Waals surface area (Å²) in [5, 5.41) is 7.36. The Morgan fingerprint density at radius 3 is 1.57 bits per heavy atom. The van der Waals surface area contributed by atoms with Crippen LogP contribution in [0.2, 0.25) is 0 Å². The molecule has 0 nitrogen and oxygen atoms in total. The smallest absolute Gasteiger partial charge is 1.00 e. The predicted octanol–water partition coefficient (Wildman–Crippen LogP) is 3.20. The molecule has 0 atom stereocenters. The molecule has 2 saturated carbocycles. The van der Waals surface area contributed by atoms with Gasteiger partial charge < -0.3 is 24.8 Å². The molecule has 0 aliphatic heterocycles. The summed E-state index contributed by atoms with van der Waals surface area (Å²) >= 11 is 0. The number of hydrogen-bond acceptors (Lipinski definition) is 0. The second kappa shape index (κ2) is 15.1. The van der Waals surface area contributed by atoms with Crippen LogP contribution in [-0.2, 0) is 25.8 Å². The van der Waals surface area contributed by atoms with Gasteiger partial charge in [0.2, 0.25) is 0 Å². The van der Waals surface area contributed by atoms with Crippen LogP contribution in [0.1, 0.15) is 69.8 Å². The van der Waals surface area contributed by atoms with Crippen molar-refractivity contribution in [2.45, 2.75) is 82.4 Å². The molecule has 0 heterocycles. The summed E-state index contributed by atoms with van der Waals surface area (Å²) in [6, 6.07) is 26.9. The topological polar surface area (TPSA) is 0 Å². The zero-order valence-corrected chi connectivity index (χ0v) is 26.9. The average molecular weight is 690 g/mol. The molecule has 0 bridgehead atoms. The number of fused-ring (bicyclic) bond motifs is 2. The van der Waals surface area contributed by atoms with Crippen LogP contribution in [0, 0.1) is 6.92 Å². The molecule has 0 radical (unpaired) electrons. The normalized spacial score (nSPS) is 16.6. The van der Waals surface area contributed by atoms with Crippen LogP contribution < -0.4 is 30.1 Å². The van der Waals surface area contributed by atoms with Crippen LogP contribution >= 0.6 is 7.92 Å². The third-order valence-corrected chi connectivity index (χ3v) is 11.1. The van der Waals surface area contributed by atoms with E-state index in [0.717, 1.165) is 11.3 Å². The fourth-order valence-corrected chi connectivity index (χ4v) is 9.89. The van der Waals surface area contributed by atoms with Crippen molar-refractivity contribution in [1.82, 2.24) is 0 Å². The van der Waals surface area contributed by atoms with Gasteiger partial charge in [-0.1, -0.05) is 65.5 Å². The van der Waals surface area contributed by atoms with E-state index in [1.54, 1.807) is 5.30 Å². The van der Waals surface area contributed by atoms with Gasteiger partial charge in [-0.05, 0) is 37.0 Å². The molecule has 0 aromatic heterocycles. The van der Waals surface area contributed by atoms with Crippen molar-refractivity contribution >= 4 is 34.8 Å². The SMILES string of the molecule is Cc1cc2ccccc2[cH-]1.[Cl-].[Cl-].[Hf+4].c1ccc2[cH-]c(P(C3CCCCC3)C3CCCCC3)cc2c1. The predicted molar refractivity (Wildman–Crippen MR) is 144 cm³/mol. The minimum Gasteiger partial charge on any atom is -1.00 e. The van der Waals surface area contributed by atoms with Crippen LogP contribution in [0.25, 0.3) is 21.5 Å². The quantitative estimate of drug-likeness (QED) is 0.176. The molecule has 184 valence electrons. The van der Waals surface area contributed by atoms with Crippen molar-refractivity contribution in [3.8, 4) is 0 Å². The molecular formula is C31H37Cl2HfP. The number of halogens is 2. The van der Waals surface area contributed by atoms with Crippen LogP contribution in [0.3, 0.4) is 0 Å². The Labute approximate surface area is 244 Å². The van der Waals surface area contributed by atoms with Gasteiger partial charge in [0.25, 0.3) is 0 Å². The maximum Gasteiger partial charge on any atom is 4.00 e. The molecule has 2 aliphatic rings. The largest absolute Gasteiger partial charge is 4.00 e. The Bertz CT molecular complexity index is 1050. The summed E-state index contributed by atoms with van der Waals surface area (Å²) < 4.78 is 0. The van der Waals surface area contributed by atoms with Gasteiger partial charge in [-0.15, -0.1) is 80.9 Å². The monoisotopic (exact) mass is 690 g/mol. The van der Waals surface area contributed by atoms with Crippen molar-refractivity contribution in [3.05, 3.63) is 78.4 Å². The van der Waals surface area contributed by atoms with E-state index < -0.39 is 0 Å². The van der Waals surface area contributed by atoms with E-state index in [4.69, 9.17) is 0 Å². The van der Waals surface area contributed by atoms with E-state index in [-0.39, 0.29) is 58.6 Å². The van der Waals surface area contributed by atoms with Gasteiger partial charge in [-0.2, -0.15) is 12.1 Å². The molecule has 0 amide bonds. The summed E-state index contributed by atoms with van der Waals surface area (Å²) in [6.45, 7) is 2.12. The van der Waals surface area contributed by atoms with E-state index in [0.29, 0.717) is 0 Å². The van der Waals surface area contributed by atoms with Crippen molar-refractivity contribution < 1.29 is 50.7 Å². The van der Waals surface area contributed by atoms with Gasteiger partial charge in [0.05, 0.1) is 0 Å². The Morgan fingerprint density at radius 1 is 0.629 bits per heavy atom. The maximum absolute atomic E-state index is 2.55. The van der Waals surface area contributed by atoms with Gasteiger partial charge >= 0.3 is 25.8 Å². The number of benzene rings is 2. The van der Waals surface area contributed by atoms with Crippen molar-refractivity contribution in [1.29, 1.82) is 0 Å². The molecule has 0 saturated heterocycles. The Morgan fingerprint density at radius 2 is 1.09 bits per heavy atom. The van der Waals surface area contributed by atoms with Crippen LogP contribution in [0.15, 0.2) is 72.8 Å². The molecule has 0 N–H and O–H groups in total. The van der Waals surface area contributed by atoms with E-state index in [1.165, 1.54) is 91.3 Å². The zero-order valence-electron chi connectivity index (χ0n) is 20.9.